The van der Waals surface area contributed by atoms with Crippen molar-refractivity contribution in [3.63, 3.8) is 0 Å². The maximum atomic E-state index is 11.4. The van der Waals surface area contributed by atoms with Crippen LogP contribution in [0.1, 0.15) is 34.2 Å². The second-order valence-corrected chi connectivity index (χ2v) is 5.18. The number of Topliss-reactive ketones (excluding diaryl/α,β-unsaturated/α-hetero) is 1. The fourth-order valence-corrected chi connectivity index (χ4v) is 2.17. The zero-order valence-corrected chi connectivity index (χ0v) is 12.4. The number of hydrogen-bond acceptors (Lipinski definition) is 3. The van der Waals surface area contributed by atoms with Crippen molar-refractivity contribution in [3.05, 3.63) is 39.1 Å². The van der Waals surface area contributed by atoms with E-state index < -0.39 is 0 Å². The van der Waals surface area contributed by atoms with Gasteiger partial charge in [0.25, 0.3) is 0 Å². The molecule has 0 unspecified atom stereocenters. The molecule has 1 aromatic heterocycles. The summed E-state index contributed by atoms with van der Waals surface area (Å²) in [7, 11) is 0. The Morgan fingerprint density at radius 3 is 2.22 bits per heavy atom. The van der Waals surface area contributed by atoms with Gasteiger partial charge < -0.3 is 0 Å². The molecular weight excluding hydrogens is 294 g/mol. The summed E-state index contributed by atoms with van der Waals surface area (Å²) in [5, 5.41) is 7.97. The Labute approximate surface area is 114 Å². The minimum absolute atomic E-state index is 0.0655. The number of carbonyl (C=O) groups excluding carboxylic acids is 1. The van der Waals surface area contributed by atoms with Gasteiger partial charge >= 0.3 is 0 Å². The Morgan fingerprint density at radius 2 is 1.78 bits per heavy atom. The van der Waals surface area contributed by atoms with Crippen LogP contribution in [0.3, 0.4) is 0 Å². The van der Waals surface area contributed by atoms with Gasteiger partial charge in [-0.2, -0.15) is 0 Å². The van der Waals surface area contributed by atoms with Crippen LogP contribution in [0.5, 0.6) is 0 Å². The molecule has 0 saturated carbocycles. The van der Waals surface area contributed by atoms with E-state index in [0.29, 0.717) is 5.69 Å². The molecule has 0 aliphatic heterocycles. The van der Waals surface area contributed by atoms with E-state index >= 15 is 0 Å². The number of rotatable bonds is 2. The molecule has 0 saturated heterocycles. The van der Waals surface area contributed by atoms with Gasteiger partial charge in [-0.15, -0.1) is 5.10 Å². The third-order valence-corrected chi connectivity index (χ3v) is 4.14. The van der Waals surface area contributed by atoms with E-state index in [9.17, 15) is 4.79 Å². The topological polar surface area (TPSA) is 47.8 Å². The minimum Gasteiger partial charge on any atom is -0.293 e. The molecule has 5 heteroatoms. The second-order valence-electron chi connectivity index (χ2n) is 4.38. The minimum atomic E-state index is -0.0655. The molecule has 0 amide bonds. The fourth-order valence-electron chi connectivity index (χ4n) is 1.94. The van der Waals surface area contributed by atoms with E-state index in [1.807, 2.05) is 32.9 Å². The fraction of sp³-hybridized carbons (Fsp3) is 0.308. The summed E-state index contributed by atoms with van der Waals surface area (Å²) in [5.41, 5.74) is 4.37. The van der Waals surface area contributed by atoms with Crippen molar-refractivity contribution in [2.45, 2.75) is 27.7 Å². The molecule has 0 bridgehead atoms. The number of nitrogens with zero attached hydrogens (tertiary/aromatic N) is 3. The van der Waals surface area contributed by atoms with Crippen LogP contribution in [-0.4, -0.2) is 20.8 Å². The summed E-state index contributed by atoms with van der Waals surface area (Å²) in [5.74, 6) is -0.0655. The molecule has 0 N–H and O–H groups in total. The van der Waals surface area contributed by atoms with Gasteiger partial charge in [-0.1, -0.05) is 21.1 Å². The lowest BCUT2D eigenvalue weighted by Gasteiger charge is -2.08. The van der Waals surface area contributed by atoms with Crippen molar-refractivity contribution in [1.82, 2.24) is 15.0 Å². The van der Waals surface area contributed by atoms with E-state index in [0.717, 1.165) is 27.0 Å². The van der Waals surface area contributed by atoms with Crippen molar-refractivity contribution in [2.75, 3.05) is 0 Å². The molecule has 18 heavy (non-hydrogen) atoms. The van der Waals surface area contributed by atoms with Gasteiger partial charge in [0, 0.05) is 11.4 Å². The number of carbonyl (C=O) groups is 1. The first-order valence-electron chi connectivity index (χ1n) is 5.62. The first-order chi connectivity index (χ1) is 8.41. The maximum absolute atomic E-state index is 11.4. The number of aryl methyl sites for hydroxylation is 2. The van der Waals surface area contributed by atoms with Crippen molar-refractivity contribution < 1.29 is 4.79 Å². The molecule has 2 rings (SSSR count). The molecule has 0 spiro atoms. The number of aromatic nitrogens is 3. The monoisotopic (exact) mass is 307 g/mol. The van der Waals surface area contributed by atoms with Gasteiger partial charge in [-0.05, 0) is 44.0 Å². The van der Waals surface area contributed by atoms with Crippen LogP contribution in [-0.2, 0) is 0 Å². The Kier molecular flexibility index (Phi) is 3.34. The Morgan fingerprint density at radius 1 is 1.22 bits per heavy atom. The smallest absolute Gasteiger partial charge is 0.181 e. The first-order valence-corrected chi connectivity index (χ1v) is 6.41. The van der Waals surface area contributed by atoms with Crippen LogP contribution in [0.25, 0.3) is 5.69 Å². The highest BCUT2D eigenvalue weighted by Crippen LogP contribution is 2.25. The van der Waals surface area contributed by atoms with Crippen LogP contribution in [0.15, 0.2) is 16.6 Å². The van der Waals surface area contributed by atoms with Crippen molar-refractivity contribution >= 4 is 21.7 Å². The van der Waals surface area contributed by atoms with Gasteiger partial charge in [-0.3, -0.25) is 4.79 Å². The summed E-state index contributed by atoms with van der Waals surface area (Å²) in [6, 6.07) is 4.03. The van der Waals surface area contributed by atoms with Crippen molar-refractivity contribution in [1.29, 1.82) is 0 Å². The molecule has 94 valence electrons. The molecule has 4 nitrogen and oxygen atoms in total. The van der Waals surface area contributed by atoms with Gasteiger partial charge in [-0.25, -0.2) is 4.68 Å². The SMILES string of the molecule is CC(=O)c1nnn(-c2cc(C)c(Br)c(C)c2)c1C. The van der Waals surface area contributed by atoms with E-state index in [1.54, 1.807) is 4.68 Å². The molecule has 2 aromatic rings. The summed E-state index contributed by atoms with van der Waals surface area (Å²) >= 11 is 3.53. The van der Waals surface area contributed by atoms with E-state index in [1.165, 1.54) is 6.92 Å². The molecule has 0 atom stereocenters. The predicted octanol–water partition coefficient (Wildman–Crippen LogP) is 3.16. The quantitative estimate of drug-likeness (QED) is 0.801. The lowest BCUT2D eigenvalue weighted by Crippen LogP contribution is -2.02. The normalized spacial score (nSPS) is 10.7. The Hall–Kier alpha value is -1.49. The largest absolute Gasteiger partial charge is 0.293 e. The maximum Gasteiger partial charge on any atom is 0.181 e. The molecule has 0 aliphatic rings. The zero-order chi connectivity index (χ0) is 13.4. The Bertz CT molecular complexity index is 608. The third-order valence-electron chi connectivity index (χ3n) is 2.89. The predicted molar refractivity (Wildman–Crippen MR) is 73.3 cm³/mol. The molecule has 0 aliphatic carbocycles. The highest BCUT2D eigenvalue weighted by atomic mass is 79.9. The van der Waals surface area contributed by atoms with Gasteiger partial charge in [0.05, 0.1) is 11.4 Å². The average molecular weight is 308 g/mol. The Balaban J connectivity index is 2.59. The number of ketones is 1. The summed E-state index contributed by atoms with van der Waals surface area (Å²) in [6.45, 7) is 7.40. The molecule has 0 fully saturated rings. The van der Waals surface area contributed by atoms with Gasteiger partial charge in [0.15, 0.2) is 11.5 Å². The van der Waals surface area contributed by atoms with Crippen molar-refractivity contribution in [2.24, 2.45) is 0 Å². The van der Waals surface area contributed by atoms with Crippen LogP contribution < -0.4 is 0 Å². The zero-order valence-electron chi connectivity index (χ0n) is 10.8. The molecule has 0 radical (unpaired) electrons. The summed E-state index contributed by atoms with van der Waals surface area (Å²) in [6.07, 6.45) is 0. The van der Waals surface area contributed by atoms with Crippen LogP contribution in [0.2, 0.25) is 0 Å². The van der Waals surface area contributed by atoms with Crippen LogP contribution in [0.4, 0.5) is 0 Å². The van der Waals surface area contributed by atoms with E-state index in [-0.39, 0.29) is 5.78 Å². The lowest BCUT2D eigenvalue weighted by atomic mass is 10.1. The average Bonchev–Trinajstić information content (AvgIpc) is 2.67. The number of halogens is 1. The molecule has 1 heterocycles. The number of benzene rings is 1. The standard InChI is InChI=1S/C13H14BrN3O/c1-7-5-11(6-8(2)12(7)14)17-9(3)13(10(4)18)15-16-17/h5-6H,1-4H3. The highest BCUT2D eigenvalue weighted by Gasteiger charge is 2.14. The first kappa shape index (κ1) is 13.0. The van der Waals surface area contributed by atoms with E-state index in [4.69, 9.17) is 0 Å². The third kappa shape index (κ3) is 2.10. The van der Waals surface area contributed by atoms with E-state index in [2.05, 4.69) is 26.2 Å². The van der Waals surface area contributed by atoms with Crippen molar-refractivity contribution in [3.8, 4) is 5.69 Å². The van der Waals surface area contributed by atoms with Crippen LogP contribution >= 0.6 is 15.9 Å². The molecular formula is C13H14BrN3O. The van der Waals surface area contributed by atoms with Crippen LogP contribution in [0, 0.1) is 20.8 Å². The molecule has 1 aromatic carbocycles. The van der Waals surface area contributed by atoms with Gasteiger partial charge in [0.2, 0.25) is 0 Å². The summed E-state index contributed by atoms with van der Waals surface area (Å²) < 4.78 is 2.79. The highest BCUT2D eigenvalue weighted by molar-refractivity contribution is 9.10. The van der Waals surface area contributed by atoms with Gasteiger partial charge in [0.1, 0.15) is 0 Å². The second kappa shape index (κ2) is 4.65. The number of hydrogen-bond donors (Lipinski definition) is 0. The lowest BCUT2D eigenvalue weighted by molar-refractivity contribution is 0.101. The summed E-state index contributed by atoms with van der Waals surface area (Å²) in [4.78, 5) is 11.4.